The summed E-state index contributed by atoms with van der Waals surface area (Å²) in [6.07, 6.45) is -0.0114. The van der Waals surface area contributed by atoms with Gasteiger partial charge >= 0.3 is 5.97 Å². The van der Waals surface area contributed by atoms with Crippen LogP contribution in [0.3, 0.4) is 0 Å². The van der Waals surface area contributed by atoms with Gasteiger partial charge in [-0.3, -0.25) is 4.79 Å². The zero-order valence-electron chi connectivity index (χ0n) is 14.4. The van der Waals surface area contributed by atoms with E-state index in [1.807, 2.05) is 25.1 Å². The Hall–Kier alpha value is -1.97. The van der Waals surface area contributed by atoms with E-state index in [9.17, 15) is 4.79 Å². The van der Waals surface area contributed by atoms with Crippen molar-refractivity contribution >= 4 is 60.7 Å². The Kier molecular flexibility index (Phi) is 6.13. The maximum atomic E-state index is 10.8. The molecule has 0 aliphatic heterocycles. The number of aromatic nitrogens is 2. The van der Waals surface area contributed by atoms with E-state index in [0.717, 1.165) is 24.4 Å². The van der Waals surface area contributed by atoms with Crippen molar-refractivity contribution in [2.75, 3.05) is 12.4 Å². The third kappa shape index (κ3) is 4.66. The van der Waals surface area contributed by atoms with Crippen LogP contribution < -0.4 is 10.1 Å². The lowest BCUT2D eigenvalue weighted by molar-refractivity contribution is -0.136. The maximum absolute atomic E-state index is 10.8. The molecule has 2 N–H and O–H groups in total. The standard InChI is InChI=1S/C18H15Br2N3O3S/c1-9-15(26-2)18(22-11-5-3-10(4-6-11)7-14(24)25)23-17(21-9)13-8-12(19)16(20)27-13/h3-6,8H,7H2,1-2H3,(H,24,25)(H,21,22,23). The summed E-state index contributed by atoms with van der Waals surface area (Å²) in [5, 5.41) is 12.1. The van der Waals surface area contributed by atoms with E-state index in [-0.39, 0.29) is 6.42 Å². The van der Waals surface area contributed by atoms with Crippen LogP contribution in [0.4, 0.5) is 11.5 Å². The zero-order valence-corrected chi connectivity index (χ0v) is 18.4. The van der Waals surface area contributed by atoms with Gasteiger partial charge in [-0.25, -0.2) is 9.97 Å². The lowest BCUT2D eigenvalue weighted by Crippen LogP contribution is -2.04. The first-order valence-electron chi connectivity index (χ1n) is 7.83. The second kappa shape index (κ2) is 8.37. The van der Waals surface area contributed by atoms with E-state index in [1.165, 1.54) is 11.3 Å². The fourth-order valence-electron chi connectivity index (χ4n) is 2.48. The van der Waals surface area contributed by atoms with Gasteiger partial charge in [-0.1, -0.05) is 12.1 Å². The van der Waals surface area contributed by atoms with Crippen molar-refractivity contribution in [3.05, 3.63) is 49.8 Å². The minimum absolute atomic E-state index is 0.0114. The van der Waals surface area contributed by atoms with E-state index in [4.69, 9.17) is 9.84 Å². The van der Waals surface area contributed by atoms with Gasteiger partial charge in [0.05, 0.1) is 27.9 Å². The topological polar surface area (TPSA) is 84.3 Å². The average Bonchev–Trinajstić information content (AvgIpc) is 2.95. The van der Waals surface area contributed by atoms with Crippen molar-refractivity contribution in [1.82, 2.24) is 9.97 Å². The molecule has 0 radical (unpaired) electrons. The number of ether oxygens (including phenoxy) is 1. The number of aryl methyl sites for hydroxylation is 1. The Labute approximate surface area is 176 Å². The largest absolute Gasteiger partial charge is 0.491 e. The van der Waals surface area contributed by atoms with Gasteiger partial charge in [-0.2, -0.15) is 0 Å². The van der Waals surface area contributed by atoms with Crippen LogP contribution in [0, 0.1) is 6.92 Å². The summed E-state index contributed by atoms with van der Waals surface area (Å²) in [7, 11) is 1.57. The molecule has 2 heterocycles. The predicted octanol–water partition coefficient (Wildman–Crippen LogP) is 5.42. The van der Waals surface area contributed by atoms with Gasteiger partial charge in [0.2, 0.25) is 0 Å². The normalized spacial score (nSPS) is 10.7. The average molecular weight is 513 g/mol. The Morgan fingerprint density at radius 1 is 1.26 bits per heavy atom. The molecule has 27 heavy (non-hydrogen) atoms. The van der Waals surface area contributed by atoms with Crippen LogP contribution in [0.25, 0.3) is 10.7 Å². The molecule has 0 atom stereocenters. The number of aliphatic carboxylic acids is 1. The summed E-state index contributed by atoms with van der Waals surface area (Å²) < 4.78 is 7.38. The molecule has 2 aromatic heterocycles. The Morgan fingerprint density at radius 2 is 1.96 bits per heavy atom. The highest BCUT2D eigenvalue weighted by Gasteiger charge is 2.16. The number of thiophene rings is 1. The summed E-state index contributed by atoms with van der Waals surface area (Å²) in [5.41, 5.74) is 2.22. The van der Waals surface area contributed by atoms with Crippen molar-refractivity contribution in [2.24, 2.45) is 0 Å². The van der Waals surface area contributed by atoms with E-state index >= 15 is 0 Å². The number of nitrogens with zero attached hydrogens (tertiary/aromatic N) is 2. The summed E-state index contributed by atoms with van der Waals surface area (Å²) in [4.78, 5) is 20.9. The number of hydrogen-bond donors (Lipinski definition) is 2. The smallest absolute Gasteiger partial charge is 0.307 e. The van der Waals surface area contributed by atoms with E-state index in [0.29, 0.717) is 23.1 Å². The molecule has 140 valence electrons. The number of nitrogens with one attached hydrogen (secondary N) is 1. The number of halogens is 2. The van der Waals surface area contributed by atoms with Crippen LogP contribution in [0.15, 0.2) is 38.6 Å². The minimum Gasteiger partial charge on any atom is -0.491 e. The molecule has 9 heteroatoms. The van der Waals surface area contributed by atoms with E-state index in [1.54, 1.807) is 19.2 Å². The third-order valence-corrected chi connectivity index (χ3v) is 6.93. The Bertz CT molecular complexity index is 971. The molecule has 0 amide bonds. The lowest BCUT2D eigenvalue weighted by Gasteiger charge is -2.13. The second-order valence-corrected chi connectivity index (χ2v) is 8.86. The predicted molar refractivity (Wildman–Crippen MR) is 113 cm³/mol. The van der Waals surface area contributed by atoms with Crippen LogP contribution in [-0.2, 0) is 11.2 Å². The number of hydrogen-bond acceptors (Lipinski definition) is 6. The van der Waals surface area contributed by atoms with Crippen LogP contribution >= 0.6 is 43.2 Å². The summed E-state index contributed by atoms with van der Waals surface area (Å²) in [6.45, 7) is 1.86. The van der Waals surface area contributed by atoms with Gasteiger partial charge in [-0.15, -0.1) is 11.3 Å². The van der Waals surface area contributed by atoms with Crippen molar-refractivity contribution in [1.29, 1.82) is 0 Å². The van der Waals surface area contributed by atoms with Crippen molar-refractivity contribution in [3.8, 4) is 16.5 Å². The van der Waals surface area contributed by atoms with E-state index < -0.39 is 5.97 Å². The Morgan fingerprint density at radius 3 is 2.52 bits per heavy atom. The first kappa shape index (κ1) is 19.8. The first-order valence-corrected chi connectivity index (χ1v) is 10.2. The number of methoxy groups -OCH3 is 1. The van der Waals surface area contributed by atoms with Crippen LogP contribution in [0.5, 0.6) is 5.75 Å². The molecule has 0 saturated carbocycles. The zero-order chi connectivity index (χ0) is 19.6. The molecule has 0 saturated heterocycles. The van der Waals surface area contributed by atoms with Crippen LogP contribution in [0.1, 0.15) is 11.3 Å². The third-order valence-electron chi connectivity index (χ3n) is 3.68. The number of carboxylic acids is 1. The molecule has 0 fully saturated rings. The quantitative estimate of drug-likeness (QED) is 0.459. The molecule has 0 aliphatic rings. The molecular weight excluding hydrogens is 498 g/mol. The number of rotatable bonds is 6. The highest BCUT2D eigenvalue weighted by atomic mass is 79.9. The van der Waals surface area contributed by atoms with Crippen molar-refractivity contribution in [3.63, 3.8) is 0 Å². The lowest BCUT2D eigenvalue weighted by atomic mass is 10.1. The molecule has 0 aliphatic carbocycles. The molecule has 3 aromatic rings. The monoisotopic (exact) mass is 511 g/mol. The molecule has 0 bridgehead atoms. The van der Waals surface area contributed by atoms with E-state index in [2.05, 4.69) is 47.1 Å². The van der Waals surface area contributed by atoms with Crippen molar-refractivity contribution in [2.45, 2.75) is 13.3 Å². The molecule has 0 spiro atoms. The number of carboxylic acid groups (broad SMARTS) is 1. The summed E-state index contributed by atoms with van der Waals surface area (Å²) >= 11 is 8.50. The fraction of sp³-hybridized carbons (Fsp3) is 0.167. The highest BCUT2D eigenvalue weighted by Crippen LogP contribution is 2.39. The van der Waals surface area contributed by atoms with Gasteiger partial charge in [0.15, 0.2) is 17.4 Å². The molecule has 3 rings (SSSR count). The fourth-order valence-corrected chi connectivity index (χ4v) is 4.45. The van der Waals surface area contributed by atoms with Gasteiger partial charge < -0.3 is 15.2 Å². The van der Waals surface area contributed by atoms with Gasteiger partial charge in [-0.05, 0) is 62.5 Å². The molecular formula is C18H15Br2N3O3S. The van der Waals surface area contributed by atoms with Crippen LogP contribution in [-0.4, -0.2) is 28.2 Å². The van der Waals surface area contributed by atoms with Gasteiger partial charge in [0, 0.05) is 10.2 Å². The summed E-state index contributed by atoms with van der Waals surface area (Å²) in [6, 6.07) is 9.12. The van der Waals surface area contributed by atoms with Crippen LogP contribution in [0.2, 0.25) is 0 Å². The van der Waals surface area contributed by atoms with Crippen molar-refractivity contribution < 1.29 is 14.6 Å². The highest BCUT2D eigenvalue weighted by molar-refractivity contribution is 9.13. The number of carbonyl (C=O) groups is 1. The minimum atomic E-state index is -0.860. The SMILES string of the molecule is COc1c(C)nc(-c2cc(Br)c(Br)s2)nc1Nc1ccc(CC(=O)O)cc1. The number of benzene rings is 1. The number of anilines is 2. The maximum Gasteiger partial charge on any atom is 0.307 e. The molecule has 6 nitrogen and oxygen atoms in total. The van der Waals surface area contributed by atoms with Gasteiger partial charge in [0.25, 0.3) is 0 Å². The second-order valence-electron chi connectivity index (χ2n) is 5.64. The van der Waals surface area contributed by atoms with Gasteiger partial charge in [0.1, 0.15) is 0 Å². The Balaban J connectivity index is 1.94. The molecule has 1 aromatic carbocycles. The summed E-state index contributed by atoms with van der Waals surface area (Å²) in [5.74, 6) is 0.839. The first-order chi connectivity index (χ1) is 12.9. The molecule has 0 unspecified atom stereocenters.